The molecule has 1 N–H and O–H groups in total. The van der Waals surface area contributed by atoms with Crippen LogP contribution < -0.4 is 5.32 Å². The summed E-state index contributed by atoms with van der Waals surface area (Å²) in [5.74, 6) is 1.01. The summed E-state index contributed by atoms with van der Waals surface area (Å²) in [7, 11) is 0. The number of rotatable bonds is 6. The van der Waals surface area contributed by atoms with Gasteiger partial charge in [-0.1, -0.05) is 27.7 Å². The lowest BCUT2D eigenvalue weighted by molar-refractivity contribution is 0.194. The lowest BCUT2D eigenvalue weighted by Gasteiger charge is -2.33. The van der Waals surface area contributed by atoms with Gasteiger partial charge < -0.3 is 5.32 Å². The number of hydrogen-bond acceptors (Lipinski definition) is 1. The Bertz CT molecular complexity index is 232. The maximum absolute atomic E-state index is 3.75. The second-order valence-electron chi connectivity index (χ2n) is 7.64. The first-order valence-corrected chi connectivity index (χ1v) is 7.12. The molecule has 2 rings (SSSR count). The highest BCUT2D eigenvalue weighted by Crippen LogP contribution is 2.49. The smallest absolute Gasteiger partial charge is 0.00684 e. The van der Waals surface area contributed by atoms with Crippen molar-refractivity contribution in [3.63, 3.8) is 0 Å². The molecule has 94 valence electrons. The van der Waals surface area contributed by atoms with Gasteiger partial charge >= 0.3 is 0 Å². The summed E-state index contributed by atoms with van der Waals surface area (Å²) in [6.07, 6.45) is 8.56. The zero-order valence-electron chi connectivity index (χ0n) is 11.6. The quantitative estimate of drug-likeness (QED) is 0.718. The first kappa shape index (κ1) is 12.4. The third-order valence-electron chi connectivity index (χ3n) is 4.38. The molecule has 2 aliphatic carbocycles. The molecular weight excluding hydrogens is 194 g/mol. The van der Waals surface area contributed by atoms with Crippen molar-refractivity contribution in [1.82, 2.24) is 5.32 Å². The standard InChI is InChI=1S/C15H29N/c1-14(2,3)9-10-15(4,12-5-6-12)11-16-13-7-8-13/h12-13,16H,5-11H2,1-4H3. The Morgan fingerprint density at radius 1 is 0.938 bits per heavy atom. The van der Waals surface area contributed by atoms with Crippen molar-refractivity contribution in [2.24, 2.45) is 16.7 Å². The summed E-state index contributed by atoms with van der Waals surface area (Å²) in [5, 5.41) is 3.75. The van der Waals surface area contributed by atoms with E-state index in [2.05, 4.69) is 33.0 Å². The van der Waals surface area contributed by atoms with Gasteiger partial charge in [0.1, 0.15) is 0 Å². The van der Waals surface area contributed by atoms with Crippen molar-refractivity contribution in [3.8, 4) is 0 Å². The van der Waals surface area contributed by atoms with Crippen LogP contribution in [0, 0.1) is 16.7 Å². The van der Waals surface area contributed by atoms with Crippen molar-refractivity contribution < 1.29 is 0 Å². The minimum absolute atomic E-state index is 0.496. The predicted octanol–water partition coefficient (Wildman–Crippen LogP) is 3.98. The molecule has 0 radical (unpaired) electrons. The summed E-state index contributed by atoms with van der Waals surface area (Å²) >= 11 is 0. The average molecular weight is 223 g/mol. The van der Waals surface area contributed by atoms with E-state index >= 15 is 0 Å². The second-order valence-corrected chi connectivity index (χ2v) is 7.64. The van der Waals surface area contributed by atoms with E-state index in [1.807, 2.05) is 0 Å². The minimum Gasteiger partial charge on any atom is -0.313 e. The Morgan fingerprint density at radius 3 is 2.00 bits per heavy atom. The van der Waals surface area contributed by atoms with Gasteiger partial charge in [0.15, 0.2) is 0 Å². The van der Waals surface area contributed by atoms with Gasteiger partial charge in [-0.3, -0.25) is 0 Å². The maximum Gasteiger partial charge on any atom is 0.00684 e. The molecule has 1 nitrogen and oxygen atoms in total. The molecule has 0 aliphatic heterocycles. The molecule has 0 bridgehead atoms. The molecule has 0 heterocycles. The average Bonchev–Trinajstić information content (AvgIpc) is 3.02. The molecule has 2 fully saturated rings. The van der Waals surface area contributed by atoms with Gasteiger partial charge in [0.25, 0.3) is 0 Å². The fourth-order valence-corrected chi connectivity index (χ4v) is 2.54. The second kappa shape index (κ2) is 4.33. The molecular formula is C15H29N. The SMILES string of the molecule is CC(C)(C)CCC(C)(CNC1CC1)C1CC1. The summed E-state index contributed by atoms with van der Waals surface area (Å²) in [6.45, 7) is 10.9. The molecule has 16 heavy (non-hydrogen) atoms. The molecule has 0 aromatic heterocycles. The zero-order valence-corrected chi connectivity index (χ0v) is 11.6. The van der Waals surface area contributed by atoms with Crippen LogP contribution in [-0.4, -0.2) is 12.6 Å². The van der Waals surface area contributed by atoms with Crippen LogP contribution in [0.3, 0.4) is 0 Å². The molecule has 0 amide bonds. The Kier molecular flexibility index (Phi) is 3.36. The molecule has 0 saturated heterocycles. The summed E-state index contributed by atoms with van der Waals surface area (Å²) in [4.78, 5) is 0. The van der Waals surface area contributed by atoms with Crippen LogP contribution in [-0.2, 0) is 0 Å². The molecule has 0 spiro atoms. The van der Waals surface area contributed by atoms with E-state index in [4.69, 9.17) is 0 Å². The number of hydrogen-bond donors (Lipinski definition) is 1. The van der Waals surface area contributed by atoms with E-state index in [1.54, 1.807) is 0 Å². The van der Waals surface area contributed by atoms with E-state index < -0.39 is 0 Å². The van der Waals surface area contributed by atoms with Crippen molar-refractivity contribution in [2.45, 2.75) is 72.3 Å². The maximum atomic E-state index is 3.75. The van der Waals surface area contributed by atoms with Crippen LogP contribution in [0.4, 0.5) is 0 Å². The highest BCUT2D eigenvalue weighted by Gasteiger charge is 2.42. The molecule has 0 aromatic rings. The third kappa shape index (κ3) is 3.76. The third-order valence-corrected chi connectivity index (χ3v) is 4.38. The van der Waals surface area contributed by atoms with Crippen molar-refractivity contribution in [3.05, 3.63) is 0 Å². The highest BCUT2D eigenvalue weighted by atomic mass is 15.0. The van der Waals surface area contributed by atoms with Crippen LogP contribution in [0.5, 0.6) is 0 Å². The van der Waals surface area contributed by atoms with E-state index in [-0.39, 0.29) is 0 Å². The van der Waals surface area contributed by atoms with Crippen LogP contribution >= 0.6 is 0 Å². The van der Waals surface area contributed by atoms with E-state index in [9.17, 15) is 0 Å². The topological polar surface area (TPSA) is 12.0 Å². The zero-order chi connectivity index (χ0) is 11.8. The van der Waals surface area contributed by atoms with E-state index in [0.29, 0.717) is 10.8 Å². The lowest BCUT2D eigenvalue weighted by Crippen LogP contribution is -2.35. The predicted molar refractivity (Wildman–Crippen MR) is 70.5 cm³/mol. The molecule has 0 aromatic carbocycles. The van der Waals surface area contributed by atoms with Crippen LogP contribution in [0.2, 0.25) is 0 Å². The Morgan fingerprint density at radius 2 is 1.56 bits per heavy atom. The molecule has 1 heteroatoms. The van der Waals surface area contributed by atoms with Crippen LogP contribution in [0.25, 0.3) is 0 Å². The van der Waals surface area contributed by atoms with Crippen molar-refractivity contribution in [1.29, 1.82) is 0 Å². The Balaban J connectivity index is 1.81. The van der Waals surface area contributed by atoms with Crippen molar-refractivity contribution >= 4 is 0 Å². The lowest BCUT2D eigenvalue weighted by atomic mass is 9.75. The van der Waals surface area contributed by atoms with Crippen LogP contribution in [0.15, 0.2) is 0 Å². The van der Waals surface area contributed by atoms with Gasteiger partial charge in [0, 0.05) is 12.6 Å². The first-order valence-electron chi connectivity index (χ1n) is 7.12. The first-order chi connectivity index (χ1) is 7.39. The van der Waals surface area contributed by atoms with E-state index in [1.165, 1.54) is 45.1 Å². The fourth-order valence-electron chi connectivity index (χ4n) is 2.54. The molecule has 1 atom stereocenters. The van der Waals surface area contributed by atoms with Crippen molar-refractivity contribution in [2.75, 3.05) is 6.54 Å². The largest absolute Gasteiger partial charge is 0.313 e. The normalized spacial score (nSPS) is 25.5. The highest BCUT2D eigenvalue weighted by molar-refractivity contribution is 4.95. The van der Waals surface area contributed by atoms with Gasteiger partial charge in [-0.05, 0) is 55.3 Å². The van der Waals surface area contributed by atoms with Crippen LogP contribution in [0.1, 0.15) is 66.2 Å². The van der Waals surface area contributed by atoms with E-state index in [0.717, 1.165) is 12.0 Å². The van der Waals surface area contributed by atoms with Gasteiger partial charge in [0.2, 0.25) is 0 Å². The monoisotopic (exact) mass is 223 g/mol. The minimum atomic E-state index is 0.496. The molecule has 1 unspecified atom stereocenters. The summed E-state index contributed by atoms with van der Waals surface area (Å²) in [5.41, 5.74) is 1.08. The summed E-state index contributed by atoms with van der Waals surface area (Å²) < 4.78 is 0. The van der Waals surface area contributed by atoms with Gasteiger partial charge in [0.05, 0.1) is 0 Å². The summed E-state index contributed by atoms with van der Waals surface area (Å²) in [6, 6.07) is 0.868. The number of nitrogens with one attached hydrogen (secondary N) is 1. The Hall–Kier alpha value is -0.0400. The van der Waals surface area contributed by atoms with Gasteiger partial charge in [-0.15, -0.1) is 0 Å². The van der Waals surface area contributed by atoms with Gasteiger partial charge in [-0.25, -0.2) is 0 Å². The van der Waals surface area contributed by atoms with Gasteiger partial charge in [-0.2, -0.15) is 0 Å². The molecule has 2 saturated carbocycles. The fraction of sp³-hybridized carbons (Fsp3) is 1.00. The Labute approximate surface area is 101 Å². The molecule has 2 aliphatic rings.